The van der Waals surface area contributed by atoms with Crippen molar-refractivity contribution in [1.82, 2.24) is 9.97 Å². The number of aryl methyl sites for hydroxylation is 3. The zero-order valence-electron chi connectivity index (χ0n) is 10.8. The smallest absolute Gasteiger partial charge is 0.261 e. The van der Waals surface area contributed by atoms with Gasteiger partial charge in [-0.15, -0.1) is 0 Å². The van der Waals surface area contributed by atoms with Gasteiger partial charge in [-0.05, 0) is 38.5 Å². The molecular weight excluding hydrogens is 253 g/mol. The molecule has 0 fully saturated rings. The second kappa shape index (κ2) is 4.64. The average molecular weight is 266 g/mol. The number of aromatic nitrogens is 2. The molecule has 2 rings (SSSR count). The minimum atomic E-state index is -4.44. The van der Waals surface area contributed by atoms with Crippen LogP contribution >= 0.6 is 0 Å². The predicted octanol–water partition coefficient (Wildman–Crippen LogP) is 4.09. The summed E-state index contributed by atoms with van der Waals surface area (Å²) in [5.74, 6) is 0. The highest BCUT2D eigenvalue weighted by atomic mass is 19.4. The third-order valence-electron chi connectivity index (χ3n) is 2.84. The molecule has 0 unspecified atom stereocenters. The average Bonchev–Trinajstić information content (AvgIpc) is 2.30. The maximum absolute atomic E-state index is 13.0. The third-order valence-corrected chi connectivity index (χ3v) is 2.84. The van der Waals surface area contributed by atoms with E-state index in [0.717, 1.165) is 6.20 Å². The van der Waals surface area contributed by atoms with E-state index >= 15 is 0 Å². The molecule has 2 heterocycles. The Kier molecular flexibility index (Phi) is 3.30. The Bertz CT molecular complexity index is 619. The quantitative estimate of drug-likeness (QED) is 0.777. The van der Waals surface area contributed by atoms with E-state index in [1.54, 1.807) is 32.9 Å². The van der Waals surface area contributed by atoms with Gasteiger partial charge < -0.3 is 0 Å². The lowest BCUT2D eigenvalue weighted by atomic mass is 10.0. The Hall–Kier alpha value is -1.91. The SMILES string of the molecule is Cc1cc(-c2nc(C)ccc2C)c(C(F)(F)F)cn1. The van der Waals surface area contributed by atoms with Crippen molar-refractivity contribution in [3.63, 3.8) is 0 Å². The first-order valence-electron chi connectivity index (χ1n) is 5.77. The molecule has 0 saturated carbocycles. The molecule has 2 aromatic heterocycles. The highest BCUT2D eigenvalue weighted by Gasteiger charge is 2.34. The van der Waals surface area contributed by atoms with Crippen molar-refractivity contribution < 1.29 is 13.2 Å². The summed E-state index contributed by atoms with van der Waals surface area (Å²) in [5.41, 5.74) is 1.62. The normalized spacial score (nSPS) is 11.7. The van der Waals surface area contributed by atoms with Crippen LogP contribution in [0.2, 0.25) is 0 Å². The number of nitrogens with zero attached hydrogens (tertiary/aromatic N) is 2. The van der Waals surface area contributed by atoms with Gasteiger partial charge in [0.1, 0.15) is 0 Å². The number of hydrogen-bond acceptors (Lipinski definition) is 2. The van der Waals surface area contributed by atoms with Gasteiger partial charge in [0.2, 0.25) is 0 Å². The number of alkyl halides is 3. The molecule has 0 radical (unpaired) electrons. The van der Waals surface area contributed by atoms with Gasteiger partial charge in [0.15, 0.2) is 0 Å². The van der Waals surface area contributed by atoms with Gasteiger partial charge in [0.05, 0.1) is 11.3 Å². The lowest BCUT2D eigenvalue weighted by molar-refractivity contribution is -0.137. The Morgan fingerprint density at radius 3 is 2.32 bits per heavy atom. The monoisotopic (exact) mass is 266 g/mol. The first-order chi connectivity index (χ1) is 8.79. The number of hydrogen-bond donors (Lipinski definition) is 0. The molecule has 0 spiro atoms. The van der Waals surface area contributed by atoms with E-state index in [0.29, 0.717) is 22.6 Å². The van der Waals surface area contributed by atoms with Gasteiger partial charge in [-0.1, -0.05) is 6.07 Å². The van der Waals surface area contributed by atoms with E-state index in [1.165, 1.54) is 6.07 Å². The molecule has 2 aromatic rings. The molecule has 100 valence electrons. The molecular formula is C14H13F3N2. The van der Waals surface area contributed by atoms with Crippen LogP contribution in [0.4, 0.5) is 13.2 Å². The minimum absolute atomic E-state index is 0.0844. The fraction of sp³-hybridized carbons (Fsp3) is 0.286. The zero-order valence-corrected chi connectivity index (χ0v) is 10.8. The van der Waals surface area contributed by atoms with Crippen LogP contribution in [0.1, 0.15) is 22.5 Å². The number of rotatable bonds is 1. The Morgan fingerprint density at radius 1 is 1.00 bits per heavy atom. The maximum atomic E-state index is 13.0. The van der Waals surface area contributed by atoms with Crippen LogP contribution in [0.25, 0.3) is 11.3 Å². The predicted molar refractivity (Wildman–Crippen MR) is 66.7 cm³/mol. The van der Waals surface area contributed by atoms with Crippen LogP contribution in [0.15, 0.2) is 24.4 Å². The first-order valence-corrected chi connectivity index (χ1v) is 5.77. The summed E-state index contributed by atoms with van der Waals surface area (Å²) in [5, 5.41) is 0. The Balaban J connectivity index is 2.73. The van der Waals surface area contributed by atoms with E-state index in [1.807, 2.05) is 0 Å². The van der Waals surface area contributed by atoms with E-state index in [4.69, 9.17) is 0 Å². The molecule has 5 heteroatoms. The summed E-state index contributed by atoms with van der Waals surface area (Å²) in [6, 6.07) is 4.98. The first kappa shape index (κ1) is 13.5. The highest BCUT2D eigenvalue weighted by Crippen LogP contribution is 2.37. The van der Waals surface area contributed by atoms with E-state index in [2.05, 4.69) is 9.97 Å². The molecule has 0 aliphatic rings. The minimum Gasteiger partial charge on any atom is -0.261 e. The van der Waals surface area contributed by atoms with Crippen LogP contribution in [-0.4, -0.2) is 9.97 Å². The van der Waals surface area contributed by atoms with Gasteiger partial charge in [-0.25, -0.2) is 0 Å². The second-order valence-corrected chi connectivity index (χ2v) is 4.49. The van der Waals surface area contributed by atoms with Crippen molar-refractivity contribution in [2.75, 3.05) is 0 Å². The van der Waals surface area contributed by atoms with E-state index in [9.17, 15) is 13.2 Å². The fourth-order valence-electron chi connectivity index (χ4n) is 1.88. The molecule has 19 heavy (non-hydrogen) atoms. The van der Waals surface area contributed by atoms with Crippen molar-refractivity contribution in [1.29, 1.82) is 0 Å². The summed E-state index contributed by atoms with van der Waals surface area (Å²) in [4.78, 5) is 7.97. The topological polar surface area (TPSA) is 25.8 Å². The van der Waals surface area contributed by atoms with Gasteiger partial charge in [-0.2, -0.15) is 13.2 Å². The zero-order chi connectivity index (χ0) is 14.2. The van der Waals surface area contributed by atoms with Crippen molar-refractivity contribution in [2.24, 2.45) is 0 Å². The molecule has 0 aliphatic carbocycles. The lowest BCUT2D eigenvalue weighted by Gasteiger charge is -2.14. The van der Waals surface area contributed by atoms with Gasteiger partial charge in [0, 0.05) is 23.1 Å². The molecule has 2 nitrogen and oxygen atoms in total. The summed E-state index contributed by atoms with van der Waals surface area (Å²) in [7, 11) is 0. The van der Waals surface area contributed by atoms with Crippen molar-refractivity contribution in [3.05, 3.63) is 46.9 Å². The molecule has 0 saturated heterocycles. The third kappa shape index (κ3) is 2.75. The van der Waals surface area contributed by atoms with Crippen molar-refractivity contribution >= 4 is 0 Å². The largest absolute Gasteiger partial charge is 0.418 e. The van der Waals surface area contributed by atoms with Crippen LogP contribution in [0, 0.1) is 20.8 Å². The standard InChI is InChI=1S/C14H13F3N2/c1-8-4-5-9(2)19-13(8)11-6-10(3)18-7-12(11)14(15,16)17/h4-7H,1-3H3. The lowest BCUT2D eigenvalue weighted by Crippen LogP contribution is -2.09. The molecule has 0 N–H and O–H groups in total. The molecule has 0 aromatic carbocycles. The Morgan fingerprint density at radius 2 is 1.68 bits per heavy atom. The van der Waals surface area contributed by atoms with Crippen LogP contribution in [0.5, 0.6) is 0 Å². The second-order valence-electron chi connectivity index (χ2n) is 4.49. The number of halogens is 3. The Labute approximate surface area is 109 Å². The van der Waals surface area contributed by atoms with Gasteiger partial charge in [0.25, 0.3) is 0 Å². The highest BCUT2D eigenvalue weighted by molar-refractivity contribution is 5.67. The van der Waals surface area contributed by atoms with Crippen LogP contribution < -0.4 is 0 Å². The summed E-state index contributed by atoms with van der Waals surface area (Å²) in [6.07, 6.45) is -3.57. The van der Waals surface area contributed by atoms with Crippen molar-refractivity contribution in [3.8, 4) is 11.3 Å². The van der Waals surface area contributed by atoms with E-state index in [-0.39, 0.29) is 5.56 Å². The molecule has 0 aliphatic heterocycles. The van der Waals surface area contributed by atoms with Crippen LogP contribution in [0.3, 0.4) is 0 Å². The molecule has 0 bridgehead atoms. The summed E-state index contributed by atoms with van der Waals surface area (Å²) < 4.78 is 39.1. The maximum Gasteiger partial charge on any atom is 0.418 e. The molecule has 0 atom stereocenters. The fourth-order valence-corrected chi connectivity index (χ4v) is 1.88. The van der Waals surface area contributed by atoms with Crippen molar-refractivity contribution in [2.45, 2.75) is 26.9 Å². The van der Waals surface area contributed by atoms with E-state index < -0.39 is 11.7 Å². The number of pyridine rings is 2. The van der Waals surface area contributed by atoms with Gasteiger partial charge >= 0.3 is 6.18 Å². The summed E-state index contributed by atoms with van der Waals surface area (Å²) in [6.45, 7) is 5.16. The summed E-state index contributed by atoms with van der Waals surface area (Å²) >= 11 is 0. The van der Waals surface area contributed by atoms with Crippen LogP contribution in [-0.2, 0) is 6.18 Å². The molecule has 0 amide bonds. The van der Waals surface area contributed by atoms with Gasteiger partial charge in [-0.3, -0.25) is 9.97 Å².